The van der Waals surface area contributed by atoms with Gasteiger partial charge in [0.1, 0.15) is 0 Å². The standard InChI is InChI=1S/C19H30/c1-12-18(19(12)10-3-11-19)16(7-6-13-4-2-5-13)17-14-8-9-15(14)17/h12-18H,2-11H2,1H3. The van der Waals surface area contributed by atoms with E-state index in [2.05, 4.69) is 6.92 Å². The lowest BCUT2D eigenvalue weighted by atomic mass is 9.73. The van der Waals surface area contributed by atoms with Gasteiger partial charge in [-0.2, -0.15) is 0 Å². The molecular formula is C19H30. The van der Waals surface area contributed by atoms with Crippen LogP contribution in [-0.4, -0.2) is 0 Å². The van der Waals surface area contributed by atoms with Gasteiger partial charge in [0, 0.05) is 0 Å². The van der Waals surface area contributed by atoms with Crippen LogP contribution in [0.5, 0.6) is 0 Å². The van der Waals surface area contributed by atoms with Gasteiger partial charge in [-0.15, -0.1) is 0 Å². The van der Waals surface area contributed by atoms with E-state index in [9.17, 15) is 0 Å². The quantitative estimate of drug-likeness (QED) is 0.629. The van der Waals surface area contributed by atoms with Crippen LogP contribution in [-0.2, 0) is 0 Å². The maximum Gasteiger partial charge on any atom is -0.0235 e. The Morgan fingerprint density at radius 2 is 1.74 bits per heavy atom. The first-order valence-electron chi connectivity index (χ1n) is 9.31. The van der Waals surface area contributed by atoms with Gasteiger partial charge in [0.25, 0.3) is 0 Å². The molecule has 0 saturated heterocycles. The van der Waals surface area contributed by atoms with E-state index >= 15 is 0 Å². The highest BCUT2D eigenvalue weighted by molar-refractivity contribution is 5.19. The summed E-state index contributed by atoms with van der Waals surface area (Å²) < 4.78 is 0. The molecule has 5 aliphatic carbocycles. The van der Waals surface area contributed by atoms with Crippen LogP contribution in [0.3, 0.4) is 0 Å². The van der Waals surface area contributed by atoms with Crippen LogP contribution in [0.25, 0.3) is 0 Å². The molecule has 0 aromatic carbocycles. The first-order valence-corrected chi connectivity index (χ1v) is 9.31. The van der Waals surface area contributed by atoms with Gasteiger partial charge in [0.05, 0.1) is 0 Å². The predicted molar refractivity (Wildman–Crippen MR) is 78.7 cm³/mol. The minimum absolute atomic E-state index is 0.895. The van der Waals surface area contributed by atoms with E-state index in [0.29, 0.717) is 0 Å². The predicted octanol–water partition coefficient (Wildman–Crippen LogP) is 5.28. The topological polar surface area (TPSA) is 0 Å². The van der Waals surface area contributed by atoms with Gasteiger partial charge in [-0.05, 0) is 78.9 Å². The molecular weight excluding hydrogens is 228 g/mol. The lowest BCUT2D eigenvalue weighted by Crippen LogP contribution is -2.22. The fourth-order valence-electron chi connectivity index (χ4n) is 6.78. The summed E-state index contributed by atoms with van der Waals surface area (Å²) in [6, 6.07) is 0. The molecule has 5 atom stereocenters. The second-order valence-electron chi connectivity index (χ2n) is 8.92. The normalized spacial score (nSPS) is 50.7. The largest absolute Gasteiger partial charge is 0.0617 e. The van der Waals surface area contributed by atoms with Gasteiger partial charge in [-0.3, -0.25) is 0 Å². The molecule has 0 radical (unpaired) electrons. The Labute approximate surface area is 118 Å². The zero-order valence-electron chi connectivity index (χ0n) is 12.6. The zero-order chi connectivity index (χ0) is 12.6. The van der Waals surface area contributed by atoms with Gasteiger partial charge in [0.2, 0.25) is 0 Å². The molecule has 0 heterocycles. The van der Waals surface area contributed by atoms with Crippen LogP contribution in [0.2, 0.25) is 0 Å². The summed E-state index contributed by atoms with van der Waals surface area (Å²) in [5.74, 6) is 8.25. The van der Waals surface area contributed by atoms with Gasteiger partial charge in [-0.1, -0.05) is 39.0 Å². The Morgan fingerprint density at radius 1 is 1.00 bits per heavy atom. The van der Waals surface area contributed by atoms with Crippen molar-refractivity contribution in [2.24, 2.45) is 46.8 Å². The molecule has 1 spiro atoms. The summed E-state index contributed by atoms with van der Waals surface area (Å²) in [6.45, 7) is 2.60. The van der Waals surface area contributed by atoms with E-state index in [-0.39, 0.29) is 0 Å². The van der Waals surface area contributed by atoms with Crippen molar-refractivity contribution < 1.29 is 0 Å². The fourth-order valence-corrected chi connectivity index (χ4v) is 6.78. The summed E-state index contributed by atoms with van der Waals surface area (Å²) >= 11 is 0. The van der Waals surface area contributed by atoms with Crippen LogP contribution in [0.15, 0.2) is 0 Å². The van der Waals surface area contributed by atoms with Crippen molar-refractivity contribution >= 4 is 0 Å². The van der Waals surface area contributed by atoms with Crippen molar-refractivity contribution in [3.8, 4) is 0 Å². The van der Waals surface area contributed by atoms with Crippen molar-refractivity contribution in [2.45, 2.75) is 71.1 Å². The van der Waals surface area contributed by atoms with E-state index in [1.165, 1.54) is 36.0 Å². The molecule has 0 heteroatoms. The van der Waals surface area contributed by atoms with E-state index in [0.717, 1.165) is 17.3 Å². The molecule has 5 fully saturated rings. The highest BCUT2D eigenvalue weighted by Crippen LogP contribution is 2.78. The summed E-state index contributed by atoms with van der Waals surface area (Å²) in [5.41, 5.74) is 0.895. The molecule has 0 aromatic rings. The highest BCUT2D eigenvalue weighted by Gasteiger charge is 2.71. The Kier molecular flexibility index (Phi) is 2.33. The molecule has 0 amide bonds. The van der Waals surface area contributed by atoms with Crippen molar-refractivity contribution in [3.05, 3.63) is 0 Å². The maximum atomic E-state index is 2.60. The molecule has 0 aliphatic heterocycles. The summed E-state index contributed by atoms with van der Waals surface area (Å²) in [4.78, 5) is 0. The second-order valence-corrected chi connectivity index (χ2v) is 8.92. The number of rotatable bonds is 5. The Bertz CT molecular complexity index is 365. The van der Waals surface area contributed by atoms with E-state index in [4.69, 9.17) is 0 Å². The van der Waals surface area contributed by atoms with Crippen molar-refractivity contribution in [1.29, 1.82) is 0 Å². The smallest absolute Gasteiger partial charge is 0.0235 e. The van der Waals surface area contributed by atoms with Crippen molar-refractivity contribution in [1.82, 2.24) is 0 Å². The molecule has 0 N–H and O–H groups in total. The molecule has 0 nitrogen and oxygen atoms in total. The first-order chi connectivity index (χ1) is 9.31. The van der Waals surface area contributed by atoms with E-state index < -0.39 is 0 Å². The van der Waals surface area contributed by atoms with Crippen molar-refractivity contribution in [2.75, 3.05) is 0 Å². The van der Waals surface area contributed by atoms with Crippen LogP contribution >= 0.6 is 0 Å². The van der Waals surface area contributed by atoms with Crippen LogP contribution in [0.1, 0.15) is 71.1 Å². The molecule has 0 bridgehead atoms. The fraction of sp³-hybridized carbons (Fsp3) is 1.00. The SMILES string of the molecule is CC1C(C(CCC2CCC2)C2C3CCC32)C12CCC2. The Hall–Kier alpha value is 0. The first kappa shape index (κ1) is 11.6. The van der Waals surface area contributed by atoms with Crippen LogP contribution < -0.4 is 0 Å². The third-order valence-electron chi connectivity index (χ3n) is 8.60. The number of hydrogen-bond acceptors (Lipinski definition) is 0. The van der Waals surface area contributed by atoms with Gasteiger partial charge < -0.3 is 0 Å². The maximum absolute atomic E-state index is 2.60. The zero-order valence-corrected chi connectivity index (χ0v) is 12.6. The van der Waals surface area contributed by atoms with Gasteiger partial charge in [0.15, 0.2) is 0 Å². The highest BCUT2D eigenvalue weighted by atomic mass is 14.8. The lowest BCUT2D eigenvalue weighted by Gasteiger charge is -2.32. The van der Waals surface area contributed by atoms with Gasteiger partial charge in [-0.25, -0.2) is 0 Å². The third-order valence-corrected chi connectivity index (χ3v) is 8.60. The van der Waals surface area contributed by atoms with E-state index in [1.54, 1.807) is 57.8 Å². The number of fused-ring (bicyclic) bond motifs is 1. The second kappa shape index (κ2) is 3.80. The van der Waals surface area contributed by atoms with Crippen molar-refractivity contribution in [3.63, 3.8) is 0 Å². The van der Waals surface area contributed by atoms with Gasteiger partial charge >= 0.3 is 0 Å². The third kappa shape index (κ3) is 1.47. The summed E-state index contributed by atoms with van der Waals surface area (Å²) in [7, 11) is 0. The summed E-state index contributed by atoms with van der Waals surface area (Å²) in [5, 5.41) is 0. The molecule has 5 unspecified atom stereocenters. The Balaban J connectivity index is 1.29. The molecule has 19 heavy (non-hydrogen) atoms. The lowest BCUT2D eigenvalue weighted by molar-refractivity contribution is 0.186. The molecule has 5 saturated carbocycles. The molecule has 5 rings (SSSR count). The molecule has 106 valence electrons. The monoisotopic (exact) mass is 258 g/mol. The average molecular weight is 258 g/mol. The average Bonchev–Trinajstić information content (AvgIpc) is 3.02. The molecule has 5 aliphatic rings. The minimum Gasteiger partial charge on any atom is -0.0617 e. The molecule has 0 aromatic heterocycles. The van der Waals surface area contributed by atoms with Crippen LogP contribution in [0.4, 0.5) is 0 Å². The van der Waals surface area contributed by atoms with E-state index in [1.807, 2.05) is 0 Å². The Morgan fingerprint density at radius 3 is 2.16 bits per heavy atom. The van der Waals surface area contributed by atoms with Crippen LogP contribution in [0, 0.1) is 46.8 Å². The summed E-state index contributed by atoms with van der Waals surface area (Å²) in [6.07, 6.45) is 15.8. The minimum atomic E-state index is 0.895. The number of hydrogen-bond donors (Lipinski definition) is 0.